The number of ether oxygens (including phenoxy) is 1. The minimum atomic E-state index is 0.154. The van der Waals surface area contributed by atoms with Crippen LogP contribution >= 0.6 is 0 Å². The topological polar surface area (TPSA) is 76.1 Å². The van der Waals surface area contributed by atoms with Crippen molar-refractivity contribution >= 4 is 17.6 Å². The van der Waals surface area contributed by atoms with Crippen molar-refractivity contribution in [1.82, 2.24) is 20.2 Å². The van der Waals surface area contributed by atoms with Crippen LogP contribution in [0.1, 0.15) is 19.4 Å². The highest BCUT2D eigenvalue weighted by Gasteiger charge is 2.24. The highest BCUT2D eigenvalue weighted by Crippen LogP contribution is 2.23. The molecule has 1 aliphatic rings. The Morgan fingerprint density at radius 1 is 1.00 bits per heavy atom. The molecule has 3 aromatic rings. The number of anilines is 3. The van der Waals surface area contributed by atoms with Crippen LogP contribution in [0.3, 0.4) is 0 Å². The first-order valence-electron chi connectivity index (χ1n) is 9.47. The molecule has 0 unspecified atom stereocenters. The van der Waals surface area contributed by atoms with Crippen molar-refractivity contribution in [2.45, 2.75) is 33.0 Å². The molecule has 0 bridgehead atoms. The van der Waals surface area contributed by atoms with Gasteiger partial charge in [-0.2, -0.15) is 10.1 Å². The second-order valence-corrected chi connectivity index (χ2v) is 7.22. The lowest BCUT2D eigenvalue weighted by molar-refractivity contribution is -0.00571. The van der Waals surface area contributed by atoms with E-state index in [1.54, 1.807) is 12.4 Å². The molecule has 28 heavy (non-hydrogen) atoms. The largest absolute Gasteiger partial charge is 0.372 e. The maximum Gasteiger partial charge on any atom is 0.227 e. The summed E-state index contributed by atoms with van der Waals surface area (Å²) in [5.74, 6) is 2.02. The van der Waals surface area contributed by atoms with E-state index in [0.29, 0.717) is 17.6 Å². The number of aryl methyl sites for hydroxylation is 1. The lowest BCUT2D eigenvalue weighted by atomic mass is 10.1. The van der Waals surface area contributed by atoms with E-state index >= 15 is 0 Å². The van der Waals surface area contributed by atoms with Crippen molar-refractivity contribution in [3.05, 3.63) is 54.4 Å². The zero-order valence-corrected chi connectivity index (χ0v) is 16.3. The Bertz CT molecular complexity index is 936. The molecule has 1 aliphatic heterocycles. The van der Waals surface area contributed by atoms with Gasteiger partial charge in [0.15, 0.2) is 5.82 Å². The van der Waals surface area contributed by atoms with Gasteiger partial charge < -0.3 is 15.0 Å². The molecule has 0 amide bonds. The van der Waals surface area contributed by atoms with Crippen LogP contribution < -0.4 is 10.2 Å². The zero-order chi connectivity index (χ0) is 19.5. The summed E-state index contributed by atoms with van der Waals surface area (Å²) in [7, 11) is 0. The van der Waals surface area contributed by atoms with Crippen molar-refractivity contribution in [3.8, 4) is 11.1 Å². The number of morpholine rings is 1. The molecule has 144 valence electrons. The Labute approximate surface area is 164 Å². The molecule has 0 radical (unpaired) electrons. The summed E-state index contributed by atoms with van der Waals surface area (Å²) < 4.78 is 5.80. The van der Waals surface area contributed by atoms with Crippen molar-refractivity contribution in [3.63, 3.8) is 0 Å². The van der Waals surface area contributed by atoms with Gasteiger partial charge in [0.2, 0.25) is 5.95 Å². The van der Waals surface area contributed by atoms with Gasteiger partial charge in [0, 0.05) is 24.8 Å². The normalized spacial score (nSPS) is 19.5. The smallest absolute Gasteiger partial charge is 0.227 e. The molecule has 0 aliphatic carbocycles. The first-order chi connectivity index (χ1) is 13.6. The summed E-state index contributed by atoms with van der Waals surface area (Å²) >= 11 is 0. The quantitative estimate of drug-likeness (QED) is 0.745. The van der Waals surface area contributed by atoms with Gasteiger partial charge in [-0.15, -0.1) is 5.10 Å². The zero-order valence-electron chi connectivity index (χ0n) is 16.3. The first-order valence-corrected chi connectivity index (χ1v) is 9.47. The average molecular weight is 376 g/mol. The average Bonchev–Trinajstić information content (AvgIpc) is 2.68. The number of nitrogens with zero attached hydrogens (tertiary/aromatic N) is 5. The van der Waals surface area contributed by atoms with Gasteiger partial charge in [-0.1, -0.05) is 29.8 Å². The molecule has 0 saturated carbocycles. The fourth-order valence-electron chi connectivity index (χ4n) is 3.37. The Morgan fingerprint density at radius 3 is 2.50 bits per heavy atom. The van der Waals surface area contributed by atoms with Gasteiger partial charge in [-0.25, -0.2) is 4.98 Å². The second kappa shape index (κ2) is 7.90. The molecular formula is C21H24N6O. The standard InChI is InChI=1S/C21H24N6O/c1-14-4-6-17(7-5-14)18-10-20(26-23-11-18)24-19-8-9-22-21(25-19)27-12-15(2)28-16(3)13-27/h4-11,15-16H,12-13H2,1-3H3,(H,22,24,25,26)/t15-,16+. The van der Waals surface area contributed by atoms with Gasteiger partial charge in [-0.05, 0) is 38.5 Å². The summed E-state index contributed by atoms with van der Waals surface area (Å²) in [6.07, 6.45) is 3.83. The third-order valence-corrected chi connectivity index (χ3v) is 4.64. The summed E-state index contributed by atoms with van der Waals surface area (Å²) in [6, 6.07) is 12.1. The number of benzene rings is 1. The van der Waals surface area contributed by atoms with E-state index in [2.05, 4.69) is 75.4 Å². The third-order valence-electron chi connectivity index (χ3n) is 4.64. The van der Waals surface area contributed by atoms with Crippen LogP contribution in [0.2, 0.25) is 0 Å². The van der Waals surface area contributed by atoms with Gasteiger partial charge in [-0.3, -0.25) is 0 Å². The summed E-state index contributed by atoms with van der Waals surface area (Å²) in [4.78, 5) is 11.2. The molecule has 1 N–H and O–H groups in total. The van der Waals surface area contributed by atoms with Crippen molar-refractivity contribution in [2.24, 2.45) is 0 Å². The highest BCUT2D eigenvalue weighted by molar-refractivity contribution is 5.67. The number of hydrogen-bond donors (Lipinski definition) is 1. The molecule has 1 saturated heterocycles. The second-order valence-electron chi connectivity index (χ2n) is 7.22. The molecule has 1 fully saturated rings. The Balaban J connectivity index is 1.53. The van der Waals surface area contributed by atoms with Crippen LogP contribution in [0.15, 0.2) is 48.8 Å². The molecular weight excluding hydrogens is 352 g/mol. The highest BCUT2D eigenvalue weighted by atomic mass is 16.5. The van der Waals surface area contributed by atoms with Gasteiger partial charge in [0.25, 0.3) is 0 Å². The van der Waals surface area contributed by atoms with E-state index in [-0.39, 0.29) is 12.2 Å². The molecule has 7 nitrogen and oxygen atoms in total. The summed E-state index contributed by atoms with van der Waals surface area (Å²) in [5, 5.41) is 11.6. The number of nitrogens with one attached hydrogen (secondary N) is 1. The van der Waals surface area contributed by atoms with E-state index in [9.17, 15) is 0 Å². The summed E-state index contributed by atoms with van der Waals surface area (Å²) in [5.41, 5.74) is 3.33. The fourth-order valence-corrected chi connectivity index (χ4v) is 3.37. The fraction of sp³-hybridized carbons (Fsp3) is 0.333. The Hall–Kier alpha value is -3.06. The van der Waals surface area contributed by atoms with E-state index in [4.69, 9.17) is 4.74 Å². The minimum Gasteiger partial charge on any atom is -0.372 e. The molecule has 2 aromatic heterocycles. The van der Waals surface area contributed by atoms with Gasteiger partial charge >= 0.3 is 0 Å². The predicted molar refractivity (Wildman–Crippen MR) is 110 cm³/mol. The van der Waals surface area contributed by atoms with Crippen molar-refractivity contribution < 1.29 is 4.74 Å². The van der Waals surface area contributed by atoms with Crippen LogP contribution in [0.4, 0.5) is 17.6 Å². The number of aromatic nitrogens is 4. The number of hydrogen-bond acceptors (Lipinski definition) is 7. The van der Waals surface area contributed by atoms with E-state index in [1.165, 1.54) is 5.56 Å². The van der Waals surface area contributed by atoms with Crippen LogP contribution in [0.25, 0.3) is 11.1 Å². The van der Waals surface area contributed by atoms with Crippen LogP contribution in [0, 0.1) is 6.92 Å². The van der Waals surface area contributed by atoms with Crippen LogP contribution in [0.5, 0.6) is 0 Å². The first kappa shape index (κ1) is 18.3. The summed E-state index contributed by atoms with van der Waals surface area (Å²) in [6.45, 7) is 7.76. The monoisotopic (exact) mass is 376 g/mol. The molecule has 3 heterocycles. The predicted octanol–water partition coefficient (Wildman–Crippen LogP) is 3.60. The van der Waals surface area contributed by atoms with E-state index < -0.39 is 0 Å². The minimum absolute atomic E-state index is 0.154. The number of rotatable bonds is 4. The maximum atomic E-state index is 5.80. The third kappa shape index (κ3) is 4.26. The molecule has 0 spiro atoms. The molecule has 1 aromatic carbocycles. The molecule has 7 heteroatoms. The van der Waals surface area contributed by atoms with E-state index in [1.807, 2.05) is 12.1 Å². The van der Waals surface area contributed by atoms with Gasteiger partial charge in [0.1, 0.15) is 5.82 Å². The van der Waals surface area contributed by atoms with Crippen molar-refractivity contribution in [1.29, 1.82) is 0 Å². The van der Waals surface area contributed by atoms with Crippen molar-refractivity contribution in [2.75, 3.05) is 23.3 Å². The Morgan fingerprint density at radius 2 is 1.75 bits per heavy atom. The lowest BCUT2D eigenvalue weighted by Gasteiger charge is -2.35. The van der Waals surface area contributed by atoms with Crippen LogP contribution in [-0.4, -0.2) is 45.5 Å². The SMILES string of the molecule is Cc1ccc(-c2cnnc(Nc3ccnc(N4C[C@@H](C)O[C@@H](C)C4)n3)c2)cc1. The van der Waals surface area contributed by atoms with Crippen LogP contribution in [-0.2, 0) is 4.74 Å². The molecule has 2 atom stereocenters. The van der Waals surface area contributed by atoms with Gasteiger partial charge in [0.05, 0.1) is 18.4 Å². The Kier molecular flexibility index (Phi) is 5.16. The lowest BCUT2D eigenvalue weighted by Crippen LogP contribution is -2.46. The molecule has 4 rings (SSSR count). The van der Waals surface area contributed by atoms with E-state index in [0.717, 1.165) is 24.2 Å². The maximum absolute atomic E-state index is 5.80.